The first-order valence-electron chi connectivity index (χ1n) is 4.73. The zero-order valence-electron chi connectivity index (χ0n) is 8.32. The fourth-order valence-electron chi connectivity index (χ4n) is 1.40. The second-order valence-electron chi connectivity index (χ2n) is 3.86. The molecule has 74 valence electrons. The standard InChI is InChI=1S/C11H13NS2/c1-7(2)5-11-12-9-4-3-8(13)6-10(9)14-11/h3-4,6-7,13H,5H2,1-2H3. The summed E-state index contributed by atoms with van der Waals surface area (Å²) in [7, 11) is 0. The van der Waals surface area contributed by atoms with Crippen molar-refractivity contribution < 1.29 is 0 Å². The van der Waals surface area contributed by atoms with Crippen molar-refractivity contribution in [3.8, 4) is 0 Å². The lowest BCUT2D eigenvalue weighted by Gasteiger charge is -1.97. The summed E-state index contributed by atoms with van der Waals surface area (Å²) in [6.07, 6.45) is 1.07. The van der Waals surface area contributed by atoms with Crippen LogP contribution in [0.15, 0.2) is 23.1 Å². The van der Waals surface area contributed by atoms with E-state index in [-0.39, 0.29) is 0 Å². The monoisotopic (exact) mass is 223 g/mol. The zero-order chi connectivity index (χ0) is 10.1. The third kappa shape index (κ3) is 2.10. The third-order valence-electron chi connectivity index (χ3n) is 2.00. The minimum absolute atomic E-state index is 0.672. The molecule has 0 spiro atoms. The molecule has 0 aliphatic heterocycles. The van der Waals surface area contributed by atoms with Crippen molar-refractivity contribution in [2.24, 2.45) is 5.92 Å². The van der Waals surface area contributed by atoms with Crippen molar-refractivity contribution in [2.75, 3.05) is 0 Å². The smallest absolute Gasteiger partial charge is 0.0941 e. The van der Waals surface area contributed by atoms with Gasteiger partial charge in [-0.25, -0.2) is 4.98 Å². The van der Waals surface area contributed by atoms with Gasteiger partial charge in [0.15, 0.2) is 0 Å². The normalized spacial score (nSPS) is 11.4. The third-order valence-corrected chi connectivity index (χ3v) is 3.32. The van der Waals surface area contributed by atoms with E-state index >= 15 is 0 Å². The van der Waals surface area contributed by atoms with Crippen LogP contribution in [0.2, 0.25) is 0 Å². The van der Waals surface area contributed by atoms with Gasteiger partial charge in [0.05, 0.1) is 15.2 Å². The van der Waals surface area contributed by atoms with E-state index in [4.69, 9.17) is 0 Å². The second-order valence-corrected chi connectivity index (χ2v) is 5.49. The summed E-state index contributed by atoms with van der Waals surface area (Å²) >= 11 is 6.10. The first kappa shape index (κ1) is 9.99. The fraction of sp³-hybridized carbons (Fsp3) is 0.364. The van der Waals surface area contributed by atoms with Crippen molar-refractivity contribution in [1.29, 1.82) is 0 Å². The molecule has 0 saturated heterocycles. The van der Waals surface area contributed by atoms with Gasteiger partial charge in [-0.3, -0.25) is 0 Å². The number of fused-ring (bicyclic) bond motifs is 1. The highest BCUT2D eigenvalue weighted by Crippen LogP contribution is 2.25. The summed E-state index contributed by atoms with van der Waals surface area (Å²) in [4.78, 5) is 5.59. The van der Waals surface area contributed by atoms with Crippen LogP contribution in [0.3, 0.4) is 0 Å². The van der Waals surface area contributed by atoms with Crippen LogP contribution in [-0.2, 0) is 6.42 Å². The molecule has 0 bridgehead atoms. The summed E-state index contributed by atoms with van der Waals surface area (Å²) in [6, 6.07) is 6.11. The zero-order valence-corrected chi connectivity index (χ0v) is 10.0. The van der Waals surface area contributed by atoms with E-state index < -0.39 is 0 Å². The maximum absolute atomic E-state index is 4.58. The Morgan fingerprint density at radius 1 is 1.43 bits per heavy atom. The minimum atomic E-state index is 0.672. The molecule has 1 aromatic heterocycles. The molecule has 0 unspecified atom stereocenters. The van der Waals surface area contributed by atoms with Gasteiger partial charge in [-0.05, 0) is 24.1 Å². The molecule has 2 rings (SSSR count). The van der Waals surface area contributed by atoms with Crippen LogP contribution < -0.4 is 0 Å². The van der Waals surface area contributed by atoms with Crippen molar-refractivity contribution in [3.63, 3.8) is 0 Å². The van der Waals surface area contributed by atoms with Crippen molar-refractivity contribution >= 4 is 34.2 Å². The van der Waals surface area contributed by atoms with Crippen LogP contribution in [0.4, 0.5) is 0 Å². The predicted octanol–water partition coefficient (Wildman–Crippen LogP) is 3.78. The molecule has 0 radical (unpaired) electrons. The summed E-state index contributed by atoms with van der Waals surface area (Å²) in [6.45, 7) is 4.44. The first-order chi connectivity index (χ1) is 6.65. The highest BCUT2D eigenvalue weighted by molar-refractivity contribution is 7.80. The van der Waals surface area contributed by atoms with Gasteiger partial charge in [0, 0.05) is 11.3 Å². The molecule has 0 aliphatic rings. The van der Waals surface area contributed by atoms with Crippen molar-refractivity contribution in [2.45, 2.75) is 25.2 Å². The number of hydrogen-bond donors (Lipinski definition) is 1. The van der Waals surface area contributed by atoms with Crippen molar-refractivity contribution in [3.05, 3.63) is 23.2 Å². The van der Waals surface area contributed by atoms with Gasteiger partial charge in [-0.15, -0.1) is 24.0 Å². The van der Waals surface area contributed by atoms with Gasteiger partial charge >= 0.3 is 0 Å². The number of aromatic nitrogens is 1. The topological polar surface area (TPSA) is 12.9 Å². The van der Waals surface area contributed by atoms with Gasteiger partial charge in [0.1, 0.15) is 0 Å². The largest absolute Gasteiger partial charge is 0.241 e. The van der Waals surface area contributed by atoms with Crippen molar-refractivity contribution in [1.82, 2.24) is 4.98 Å². The Hall–Kier alpha value is -0.540. The SMILES string of the molecule is CC(C)Cc1nc2ccc(S)cc2s1. The fourth-order valence-corrected chi connectivity index (χ4v) is 2.91. The maximum Gasteiger partial charge on any atom is 0.0941 e. The summed E-state index contributed by atoms with van der Waals surface area (Å²) in [5.41, 5.74) is 1.10. The summed E-state index contributed by atoms with van der Waals surface area (Å²) in [5, 5.41) is 1.23. The number of rotatable bonds is 2. The molecule has 14 heavy (non-hydrogen) atoms. The van der Waals surface area contributed by atoms with E-state index in [1.165, 1.54) is 9.71 Å². The number of thiazole rings is 1. The van der Waals surface area contributed by atoms with Crippen LogP contribution in [-0.4, -0.2) is 4.98 Å². The molecule has 1 aromatic carbocycles. The van der Waals surface area contributed by atoms with Crippen LogP contribution >= 0.6 is 24.0 Å². The van der Waals surface area contributed by atoms with Gasteiger partial charge in [-0.1, -0.05) is 13.8 Å². The molecule has 0 amide bonds. The Morgan fingerprint density at radius 3 is 2.93 bits per heavy atom. The number of thiol groups is 1. The lowest BCUT2D eigenvalue weighted by atomic mass is 10.1. The molecular weight excluding hydrogens is 210 g/mol. The van der Waals surface area contributed by atoms with E-state index in [9.17, 15) is 0 Å². The Bertz CT molecular complexity index is 445. The molecule has 1 heterocycles. The van der Waals surface area contributed by atoms with Gasteiger partial charge in [0.2, 0.25) is 0 Å². The van der Waals surface area contributed by atoms with E-state index in [2.05, 4.69) is 37.5 Å². The predicted molar refractivity (Wildman–Crippen MR) is 65.4 cm³/mol. The number of benzene rings is 1. The van der Waals surface area contributed by atoms with E-state index in [1.807, 2.05) is 12.1 Å². The molecule has 3 heteroatoms. The van der Waals surface area contributed by atoms with Gasteiger partial charge in [-0.2, -0.15) is 0 Å². The number of nitrogens with zero attached hydrogens (tertiary/aromatic N) is 1. The molecule has 2 aromatic rings. The Balaban J connectivity index is 2.41. The lowest BCUT2D eigenvalue weighted by molar-refractivity contribution is 0.645. The molecule has 0 N–H and O–H groups in total. The highest BCUT2D eigenvalue weighted by Gasteiger charge is 2.05. The Labute approximate surface area is 93.6 Å². The van der Waals surface area contributed by atoms with Crippen LogP contribution in [0.5, 0.6) is 0 Å². The first-order valence-corrected chi connectivity index (χ1v) is 6.00. The van der Waals surface area contributed by atoms with E-state index in [1.54, 1.807) is 11.3 Å². The van der Waals surface area contributed by atoms with E-state index in [0.717, 1.165) is 16.8 Å². The molecule has 0 saturated carbocycles. The Kier molecular flexibility index (Phi) is 2.79. The summed E-state index contributed by atoms with van der Waals surface area (Å²) in [5.74, 6) is 0.672. The van der Waals surface area contributed by atoms with Crippen LogP contribution in [0.25, 0.3) is 10.2 Å². The average molecular weight is 223 g/mol. The van der Waals surface area contributed by atoms with Crippen LogP contribution in [0, 0.1) is 5.92 Å². The maximum atomic E-state index is 4.58. The lowest BCUT2D eigenvalue weighted by Crippen LogP contribution is -1.91. The van der Waals surface area contributed by atoms with Crippen LogP contribution in [0.1, 0.15) is 18.9 Å². The summed E-state index contributed by atoms with van der Waals surface area (Å²) < 4.78 is 1.24. The average Bonchev–Trinajstić information content (AvgIpc) is 2.44. The molecule has 0 fully saturated rings. The molecular formula is C11H13NS2. The Morgan fingerprint density at radius 2 is 2.21 bits per heavy atom. The quantitative estimate of drug-likeness (QED) is 0.764. The molecule has 0 atom stereocenters. The van der Waals surface area contributed by atoms with E-state index in [0.29, 0.717) is 5.92 Å². The van der Waals surface area contributed by atoms with Gasteiger partial charge in [0.25, 0.3) is 0 Å². The van der Waals surface area contributed by atoms with Gasteiger partial charge < -0.3 is 0 Å². The molecule has 0 aliphatic carbocycles. The highest BCUT2D eigenvalue weighted by atomic mass is 32.1. The molecule has 1 nitrogen and oxygen atoms in total. The minimum Gasteiger partial charge on any atom is -0.241 e. The second kappa shape index (κ2) is 3.91. The number of hydrogen-bond acceptors (Lipinski definition) is 3.